The quantitative estimate of drug-likeness (QED) is 0.450. The monoisotopic (exact) mass is 387 g/mol. The van der Waals surface area contributed by atoms with Gasteiger partial charge in [-0.2, -0.15) is 0 Å². The number of halogens is 1. The van der Waals surface area contributed by atoms with Crippen molar-refractivity contribution in [1.82, 2.24) is 0 Å². The number of hydrogen-bond donors (Lipinski definition) is 0. The molecular formula is C20H18ClNO5. The van der Waals surface area contributed by atoms with E-state index in [0.29, 0.717) is 23.8 Å². The molecular weight excluding hydrogens is 370 g/mol. The van der Waals surface area contributed by atoms with Crippen molar-refractivity contribution in [3.8, 4) is 5.75 Å². The number of amides is 2. The maximum Gasteiger partial charge on any atom is 0.379 e. The summed E-state index contributed by atoms with van der Waals surface area (Å²) in [5.41, 5.74) is 0.194. The summed E-state index contributed by atoms with van der Waals surface area (Å²) in [5.74, 6) is -1.35. The van der Waals surface area contributed by atoms with Gasteiger partial charge in [-0.05, 0) is 55.5 Å². The second kappa shape index (κ2) is 6.85. The molecule has 0 spiro atoms. The number of nitrogens with zero attached hydrogens (tertiary/aromatic N) is 1. The lowest BCUT2D eigenvalue weighted by Gasteiger charge is -2.25. The van der Waals surface area contributed by atoms with E-state index in [-0.39, 0.29) is 40.8 Å². The molecule has 27 heavy (non-hydrogen) atoms. The lowest BCUT2D eigenvalue weighted by atomic mass is 9.76. The highest BCUT2D eigenvalue weighted by Gasteiger charge is 2.50. The van der Waals surface area contributed by atoms with Gasteiger partial charge in [0, 0.05) is 5.02 Å². The molecule has 2 aliphatic rings. The van der Waals surface area contributed by atoms with Gasteiger partial charge in [0.15, 0.2) is 5.75 Å². The molecule has 3 atom stereocenters. The van der Waals surface area contributed by atoms with Gasteiger partial charge < -0.3 is 9.15 Å². The predicted molar refractivity (Wildman–Crippen MR) is 97.6 cm³/mol. The number of carbonyl (C=O) groups excluding carboxylic acids is 3. The third-order valence-corrected chi connectivity index (χ3v) is 5.51. The summed E-state index contributed by atoms with van der Waals surface area (Å²) < 4.78 is 10.4. The normalized spacial score (nSPS) is 24.8. The van der Waals surface area contributed by atoms with Crippen LogP contribution in [0.2, 0.25) is 5.02 Å². The molecule has 140 valence electrons. The van der Waals surface area contributed by atoms with Gasteiger partial charge in [-0.3, -0.25) is 9.59 Å². The van der Waals surface area contributed by atoms with E-state index in [2.05, 4.69) is 6.92 Å². The lowest BCUT2D eigenvalue weighted by Crippen LogP contribution is -2.31. The number of rotatable bonds is 3. The Labute approximate surface area is 161 Å². The molecule has 0 unspecified atom stereocenters. The summed E-state index contributed by atoms with van der Waals surface area (Å²) in [7, 11) is 0. The van der Waals surface area contributed by atoms with Crippen molar-refractivity contribution in [2.45, 2.75) is 26.2 Å². The van der Waals surface area contributed by atoms with E-state index in [1.54, 1.807) is 6.07 Å². The topological polar surface area (TPSA) is 76.8 Å². The fourth-order valence-electron chi connectivity index (χ4n) is 3.92. The van der Waals surface area contributed by atoms with E-state index in [1.807, 2.05) is 0 Å². The molecule has 1 aliphatic carbocycles. The molecule has 1 aromatic carbocycles. The Morgan fingerprint density at radius 1 is 1.19 bits per heavy atom. The highest BCUT2D eigenvalue weighted by atomic mass is 35.5. The van der Waals surface area contributed by atoms with Crippen molar-refractivity contribution >= 4 is 35.1 Å². The summed E-state index contributed by atoms with van der Waals surface area (Å²) in [6.07, 6.45) is 3.66. The smallest absolute Gasteiger partial charge is 0.379 e. The van der Waals surface area contributed by atoms with Crippen LogP contribution in [0.25, 0.3) is 0 Å². The first kappa shape index (κ1) is 17.8. The Kier molecular flexibility index (Phi) is 4.52. The molecule has 2 amide bonds. The van der Waals surface area contributed by atoms with Gasteiger partial charge in [0.25, 0.3) is 0 Å². The molecule has 0 N–H and O–H groups in total. The van der Waals surface area contributed by atoms with Crippen LogP contribution in [0.4, 0.5) is 5.69 Å². The maximum atomic E-state index is 13.0. The lowest BCUT2D eigenvalue weighted by molar-refractivity contribution is -0.122. The van der Waals surface area contributed by atoms with Gasteiger partial charge >= 0.3 is 5.97 Å². The second-order valence-electron chi connectivity index (χ2n) is 7.12. The van der Waals surface area contributed by atoms with E-state index in [1.165, 1.54) is 30.5 Å². The van der Waals surface area contributed by atoms with Crippen molar-refractivity contribution in [3.05, 3.63) is 47.4 Å². The average molecular weight is 388 g/mol. The zero-order valence-electron chi connectivity index (χ0n) is 14.7. The Bertz CT molecular complexity index is 907. The van der Waals surface area contributed by atoms with Crippen molar-refractivity contribution in [1.29, 1.82) is 0 Å². The minimum atomic E-state index is -0.714. The van der Waals surface area contributed by atoms with Crippen LogP contribution in [-0.2, 0) is 9.59 Å². The molecule has 1 saturated carbocycles. The molecule has 2 fully saturated rings. The number of hydrogen-bond acceptors (Lipinski definition) is 5. The number of anilines is 1. The third kappa shape index (κ3) is 3.14. The van der Waals surface area contributed by atoms with E-state index in [9.17, 15) is 14.4 Å². The molecule has 6 nitrogen and oxygen atoms in total. The zero-order chi connectivity index (χ0) is 19.1. The van der Waals surface area contributed by atoms with Gasteiger partial charge in [-0.15, -0.1) is 0 Å². The highest BCUT2D eigenvalue weighted by molar-refractivity contribution is 6.31. The van der Waals surface area contributed by atoms with Crippen LogP contribution in [0.1, 0.15) is 36.7 Å². The summed E-state index contributed by atoms with van der Waals surface area (Å²) in [6.45, 7) is 2.09. The first-order valence-electron chi connectivity index (χ1n) is 8.88. The summed E-state index contributed by atoms with van der Waals surface area (Å²) in [6, 6.07) is 7.53. The molecule has 2 heterocycles. The Morgan fingerprint density at radius 3 is 2.70 bits per heavy atom. The first-order valence-corrected chi connectivity index (χ1v) is 9.26. The van der Waals surface area contributed by atoms with Gasteiger partial charge in [0.05, 0.1) is 23.8 Å². The van der Waals surface area contributed by atoms with Crippen molar-refractivity contribution in [2.24, 2.45) is 17.8 Å². The van der Waals surface area contributed by atoms with Gasteiger partial charge in [0.1, 0.15) is 0 Å². The molecule has 2 aromatic rings. The van der Waals surface area contributed by atoms with Crippen molar-refractivity contribution in [2.75, 3.05) is 4.90 Å². The van der Waals surface area contributed by atoms with E-state index in [0.717, 1.165) is 11.3 Å². The number of carbonyl (C=O) groups is 3. The minimum absolute atomic E-state index is 0.0254. The molecule has 1 aromatic heterocycles. The first-order chi connectivity index (χ1) is 13.0. The highest BCUT2D eigenvalue weighted by Crippen LogP contribution is 2.44. The number of imide groups is 1. The zero-order valence-corrected chi connectivity index (χ0v) is 15.4. The number of fused-ring (bicyclic) bond motifs is 1. The Hall–Kier alpha value is -2.60. The molecule has 0 radical (unpaired) electrons. The van der Waals surface area contributed by atoms with Crippen LogP contribution < -0.4 is 9.64 Å². The number of ether oxygens (including phenoxy) is 1. The molecule has 1 saturated heterocycles. The van der Waals surface area contributed by atoms with E-state index in [4.69, 9.17) is 20.8 Å². The van der Waals surface area contributed by atoms with Gasteiger partial charge in [0.2, 0.25) is 17.6 Å². The SMILES string of the molecule is C[C@@H]1CC[C@@H]2C(=O)N(c3cc(Cl)ccc3OC(=O)c3ccco3)C(=O)[C@H]2C1. The van der Waals surface area contributed by atoms with Crippen molar-refractivity contribution in [3.63, 3.8) is 0 Å². The van der Waals surface area contributed by atoms with Crippen molar-refractivity contribution < 1.29 is 23.5 Å². The van der Waals surface area contributed by atoms with Crippen LogP contribution >= 0.6 is 11.6 Å². The summed E-state index contributed by atoms with van der Waals surface area (Å²) in [4.78, 5) is 39.3. The largest absolute Gasteiger partial charge is 0.457 e. The molecule has 7 heteroatoms. The molecule has 4 rings (SSSR count). The minimum Gasteiger partial charge on any atom is -0.457 e. The van der Waals surface area contributed by atoms with Gasteiger partial charge in [-0.25, -0.2) is 9.69 Å². The fourth-order valence-corrected chi connectivity index (χ4v) is 4.09. The fraction of sp³-hybridized carbons (Fsp3) is 0.350. The average Bonchev–Trinajstić information content (AvgIpc) is 3.25. The van der Waals surface area contributed by atoms with Crippen LogP contribution in [0.5, 0.6) is 5.75 Å². The number of furan rings is 1. The predicted octanol–water partition coefficient (Wildman–Crippen LogP) is 4.08. The second-order valence-corrected chi connectivity index (χ2v) is 7.56. The van der Waals surface area contributed by atoms with E-state index >= 15 is 0 Å². The van der Waals surface area contributed by atoms with E-state index < -0.39 is 5.97 Å². The standard InChI is InChI=1S/C20H18ClNO5/c1-11-4-6-13-14(9-11)19(24)22(18(13)23)15-10-12(21)5-7-16(15)27-20(25)17-3-2-8-26-17/h2-3,5,7-8,10-11,13-14H,4,6,9H2,1H3/t11-,13+,14+/m1/s1. The molecule has 0 bridgehead atoms. The van der Waals surface area contributed by atoms with Crippen LogP contribution in [0.15, 0.2) is 41.0 Å². The third-order valence-electron chi connectivity index (χ3n) is 5.27. The van der Waals surface area contributed by atoms with Crippen LogP contribution in [0, 0.1) is 17.8 Å². The van der Waals surface area contributed by atoms with Gasteiger partial charge in [-0.1, -0.05) is 18.5 Å². The van der Waals surface area contributed by atoms with Crippen LogP contribution in [-0.4, -0.2) is 17.8 Å². The Balaban J connectivity index is 1.69. The molecule has 1 aliphatic heterocycles. The summed E-state index contributed by atoms with van der Waals surface area (Å²) in [5, 5.41) is 0.339. The van der Waals surface area contributed by atoms with Crippen LogP contribution in [0.3, 0.4) is 0 Å². The number of esters is 1. The Morgan fingerprint density at radius 2 is 1.96 bits per heavy atom. The number of benzene rings is 1. The summed E-state index contributed by atoms with van der Waals surface area (Å²) >= 11 is 6.09. The maximum absolute atomic E-state index is 13.0.